The number of amides is 1. The molecule has 1 N–H and O–H groups in total. The topological polar surface area (TPSA) is 83.6 Å². The summed E-state index contributed by atoms with van der Waals surface area (Å²) in [4.78, 5) is 26.9. The van der Waals surface area contributed by atoms with Crippen LogP contribution in [0.2, 0.25) is 0 Å². The summed E-state index contributed by atoms with van der Waals surface area (Å²) in [5, 5.41) is 14.7. The van der Waals surface area contributed by atoms with Gasteiger partial charge >= 0.3 is 5.91 Å². The van der Waals surface area contributed by atoms with Crippen LogP contribution >= 0.6 is 0 Å². The zero-order chi connectivity index (χ0) is 20.7. The minimum Gasteiger partial charge on any atom is -0.507 e. The molecule has 2 aromatic carbocycles. The van der Waals surface area contributed by atoms with Gasteiger partial charge < -0.3 is 9.63 Å². The van der Waals surface area contributed by atoms with Gasteiger partial charge in [0, 0.05) is 11.6 Å². The molecule has 29 heavy (non-hydrogen) atoms. The second-order valence-corrected chi connectivity index (χ2v) is 6.88. The Kier molecular flexibility index (Phi) is 4.50. The van der Waals surface area contributed by atoms with E-state index < -0.39 is 23.5 Å². The zero-order valence-corrected chi connectivity index (χ0v) is 15.7. The largest absolute Gasteiger partial charge is 0.507 e. The molecule has 2 heterocycles. The van der Waals surface area contributed by atoms with E-state index in [0.29, 0.717) is 11.3 Å². The quantitative estimate of drug-likeness (QED) is 0.413. The highest BCUT2D eigenvalue weighted by molar-refractivity contribution is 6.51. The molecule has 7 heteroatoms. The first-order chi connectivity index (χ1) is 13.9. The number of halogens is 1. The maximum absolute atomic E-state index is 13.3. The molecule has 0 unspecified atom stereocenters. The minimum atomic E-state index is -0.898. The second kappa shape index (κ2) is 7.01. The van der Waals surface area contributed by atoms with Gasteiger partial charge in [0.25, 0.3) is 5.78 Å². The van der Waals surface area contributed by atoms with Crippen molar-refractivity contribution in [2.75, 3.05) is 4.90 Å². The van der Waals surface area contributed by atoms with Crippen LogP contribution in [0, 0.1) is 19.7 Å². The molecule has 1 fully saturated rings. The molecule has 1 amide bonds. The molecule has 0 bridgehead atoms. The number of aromatic nitrogens is 1. The van der Waals surface area contributed by atoms with Crippen LogP contribution in [0.3, 0.4) is 0 Å². The predicted octanol–water partition coefficient (Wildman–Crippen LogP) is 4.06. The number of benzene rings is 2. The first-order valence-electron chi connectivity index (χ1n) is 8.93. The zero-order valence-electron chi connectivity index (χ0n) is 15.7. The minimum absolute atomic E-state index is 0.0916. The number of ketones is 1. The SMILES string of the molecule is Cc1ccc([C@@H]2C(=C(O)c3ccc(F)cc3)C(=O)C(=O)N2c2cc(C)on2)cc1. The fraction of sp³-hybridized carbons (Fsp3) is 0.136. The smallest absolute Gasteiger partial charge is 0.301 e. The molecule has 6 nitrogen and oxygen atoms in total. The summed E-state index contributed by atoms with van der Waals surface area (Å²) in [6.07, 6.45) is 0. The van der Waals surface area contributed by atoms with E-state index in [1.165, 1.54) is 29.2 Å². The lowest BCUT2D eigenvalue weighted by Gasteiger charge is -2.23. The van der Waals surface area contributed by atoms with E-state index in [9.17, 15) is 19.1 Å². The third-order valence-corrected chi connectivity index (χ3v) is 4.82. The van der Waals surface area contributed by atoms with Gasteiger partial charge in [0.2, 0.25) is 0 Å². The highest BCUT2D eigenvalue weighted by Crippen LogP contribution is 2.41. The van der Waals surface area contributed by atoms with E-state index in [2.05, 4.69) is 5.16 Å². The summed E-state index contributed by atoms with van der Waals surface area (Å²) >= 11 is 0. The molecule has 1 aromatic heterocycles. The number of aryl methyl sites for hydroxylation is 2. The molecule has 3 aromatic rings. The number of hydrogen-bond donors (Lipinski definition) is 1. The van der Waals surface area contributed by atoms with Crippen LogP contribution in [0.15, 0.2) is 64.7 Å². The molecule has 0 saturated carbocycles. The van der Waals surface area contributed by atoms with Gasteiger partial charge in [-0.05, 0) is 43.7 Å². The highest BCUT2D eigenvalue weighted by atomic mass is 19.1. The van der Waals surface area contributed by atoms with Crippen LogP contribution < -0.4 is 4.90 Å². The average Bonchev–Trinajstić information content (AvgIpc) is 3.24. The molecule has 0 aliphatic carbocycles. The lowest BCUT2D eigenvalue weighted by atomic mass is 9.95. The fourth-order valence-corrected chi connectivity index (χ4v) is 3.36. The third-order valence-electron chi connectivity index (χ3n) is 4.82. The molecular weight excluding hydrogens is 375 g/mol. The number of aliphatic hydroxyl groups excluding tert-OH is 1. The molecule has 1 aliphatic rings. The molecule has 0 spiro atoms. The van der Waals surface area contributed by atoms with E-state index in [1.54, 1.807) is 25.1 Å². The van der Waals surface area contributed by atoms with Gasteiger partial charge in [-0.15, -0.1) is 0 Å². The number of aliphatic hydroxyl groups is 1. The second-order valence-electron chi connectivity index (χ2n) is 6.88. The van der Waals surface area contributed by atoms with Crippen molar-refractivity contribution in [3.8, 4) is 0 Å². The number of anilines is 1. The summed E-state index contributed by atoms with van der Waals surface area (Å²) < 4.78 is 18.4. The summed E-state index contributed by atoms with van der Waals surface area (Å²) in [7, 11) is 0. The number of nitrogens with zero attached hydrogens (tertiary/aromatic N) is 2. The number of carbonyl (C=O) groups excluding carboxylic acids is 2. The van der Waals surface area contributed by atoms with Gasteiger partial charge in [0.05, 0.1) is 11.6 Å². The molecule has 1 atom stereocenters. The first-order valence-corrected chi connectivity index (χ1v) is 8.93. The summed E-state index contributed by atoms with van der Waals surface area (Å²) in [5.41, 5.74) is 1.77. The van der Waals surface area contributed by atoms with E-state index in [0.717, 1.165) is 5.56 Å². The monoisotopic (exact) mass is 392 g/mol. The van der Waals surface area contributed by atoms with E-state index in [1.807, 2.05) is 19.1 Å². The van der Waals surface area contributed by atoms with Crippen molar-refractivity contribution in [2.45, 2.75) is 19.9 Å². The van der Waals surface area contributed by atoms with Crippen molar-refractivity contribution in [2.24, 2.45) is 0 Å². The number of carbonyl (C=O) groups is 2. The average molecular weight is 392 g/mol. The van der Waals surface area contributed by atoms with Crippen LogP contribution in [0.25, 0.3) is 5.76 Å². The lowest BCUT2D eigenvalue weighted by Crippen LogP contribution is -2.29. The number of rotatable bonds is 3. The van der Waals surface area contributed by atoms with Gasteiger partial charge in [-0.2, -0.15) is 0 Å². The number of Topliss-reactive ketones (excluding diaryl/α,β-unsaturated/α-hetero) is 1. The Balaban J connectivity index is 1.93. The Bertz CT molecular complexity index is 1130. The van der Waals surface area contributed by atoms with Gasteiger partial charge in [0.1, 0.15) is 17.3 Å². The van der Waals surface area contributed by atoms with Crippen LogP contribution in [-0.4, -0.2) is 22.0 Å². The van der Waals surface area contributed by atoms with Gasteiger partial charge in [-0.1, -0.05) is 35.0 Å². The molecular formula is C22H17FN2O4. The standard InChI is InChI=1S/C22H17FN2O4/c1-12-3-5-14(6-4-12)19-18(20(26)15-7-9-16(23)10-8-15)21(27)22(28)25(19)17-11-13(2)29-24-17/h3-11,19,26H,1-2H3/t19-/m1/s1. The fourth-order valence-electron chi connectivity index (χ4n) is 3.36. The Morgan fingerprint density at radius 1 is 1.07 bits per heavy atom. The van der Waals surface area contributed by atoms with Crippen molar-refractivity contribution >= 4 is 23.3 Å². The summed E-state index contributed by atoms with van der Waals surface area (Å²) in [5.74, 6) is -1.88. The Labute approximate surface area is 165 Å². The third kappa shape index (κ3) is 3.20. The Morgan fingerprint density at radius 2 is 1.72 bits per heavy atom. The molecule has 0 radical (unpaired) electrons. The van der Waals surface area contributed by atoms with E-state index in [-0.39, 0.29) is 22.7 Å². The maximum atomic E-state index is 13.3. The van der Waals surface area contributed by atoms with Crippen LogP contribution in [-0.2, 0) is 9.59 Å². The maximum Gasteiger partial charge on any atom is 0.301 e. The Hall–Kier alpha value is -3.74. The summed E-state index contributed by atoms with van der Waals surface area (Å²) in [6.45, 7) is 3.59. The van der Waals surface area contributed by atoms with Gasteiger partial charge in [-0.25, -0.2) is 4.39 Å². The van der Waals surface area contributed by atoms with Crippen LogP contribution in [0.1, 0.15) is 28.5 Å². The highest BCUT2D eigenvalue weighted by Gasteiger charge is 2.48. The molecule has 146 valence electrons. The molecule has 4 rings (SSSR count). The number of hydrogen-bond acceptors (Lipinski definition) is 5. The van der Waals surface area contributed by atoms with Crippen molar-refractivity contribution < 1.29 is 23.6 Å². The first kappa shape index (κ1) is 18.6. The lowest BCUT2D eigenvalue weighted by molar-refractivity contribution is -0.132. The molecule has 1 saturated heterocycles. The van der Waals surface area contributed by atoms with E-state index in [4.69, 9.17) is 4.52 Å². The Morgan fingerprint density at radius 3 is 2.31 bits per heavy atom. The van der Waals surface area contributed by atoms with Crippen molar-refractivity contribution in [1.29, 1.82) is 0 Å². The predicted molar refractivity (Wildman–Crippen MR) is 104 cm³/mol. The molecule has 1 aliphatic heterocycles. The van der Waals surface area contributed by atoms with Gasteiger partial charge in [0.15, 0.2) is 5.82 Å². The van der Waals surface area contributed by atoms with Crippen molar-refractivity contribution in [1.82, 2.24) is 5.16 Å². The summed E-state index contributed by atoms with van der Waals surface area (Å²) in [6, 6.07) is 13.0. The van der Waals surface area contributed by atoms with Crippen LogP contribution in [0.5, 0.6) is 0 Å². The van der Waals surface area contributed by atoms with Crippen molar-refractivity contribution in [3.05, 3.63) is 88.4 Å². The van der Waals surface area contributed by atoms with E-state index >= 15 is 0 Å². The van der Waals surface area contributed by atoms with Gasteiger partial charge in [-0.3, -0.25) is 14.5 Å². The van der Waals surface area contributed by atoms with Crippen LogP contribution in [0.4, 0.5) is 10.2 Å². The normalized spacial score (nSPS) is 18.4. The van der Waals surface area contributed by atoms with Crippen molar-refractivity contribution in [3.63, 3.8) is 0 Å².